The van der Waals surface area contributed by atoms with E-state index in [1.165, 1.54) is 6.42 Å². The smallest absolute Gasteiger partial charge is 0.0202 e. The molecule has 0 N–H and O–H groups in total. The largest absolute Gasteiger partial charge is 0.241 e. The average molecular weight is 134 g/mol. The molecule has 2 unspecified atom stereocenters. The maximum Gasteiger partial charge on any atom is 0.0202 e. The number of hydrogen-bond donors (Lipinski definition) is 0. The molecule has 53 valence electrons. The fourth-order valence-corrected chi connectivity index (χ4v) is 1.69. The van der Waals surface area contributed by atoms with Crippen molar-refractivity contribution in [3.05, 3.63) is 24.3 Å². The van der Waals surface area contributed by atoms with Crippen molar-refractivity contribution in [2.24, 2.45) is 11.8 Å². The molecule has 1 saturated heterocycles. The first-order valence-corrected chi connectivity index (χ1v) is 3.95. The molecule has 2 aliphatic rings. The van der Waals surface area contributed by atoms with Crippen molar-refractivity contribution in [1.82, 2.24) is 5.32 Å². The Hall–Kier alpha value is -0.560. The number of rotatable bonds is 0. The van der Waals surface area contributed by atoms with Gasteiger partial charge in [-0.15, -0.1) is 0 Å². The normalized spacial score (nSPS) is 37.6. The van der Waals surface area contributed by atoms with Crippen LogP contribution in [0.2, 0.25) is 0 Å². The van der Waals surface area contributed by atoms with Gasteiger partial charge in [-0.2, -0.15) is 0 Å². The second-order valence-corrected chi connectivity index (χ2v) is 3.02. The second kappa shape index (κ2) is 2.59. The van der Waals surface area contributed by atoms with Gasteiger partial charge in [0.25, 0.3) is 0 Å². The van der Waals surface area contributed by atoms with Gasteiger partial charge < -0.3 is 0 Å². The van der Waals surface area contributed by atoms with Gasteiger partial charge in [-0.25, -0.2) is 5.32 Å². The van der Waals surface area contributed by atoms with Crippen LogP contribution in [0.15, 0.2) is 24.3 Å². The van der Waals surface area contributed by atoms with Crippen LogP contribution in [0.3, 0.4) is 0 Å². The van der Waals surface area contributed by atoms with Gasteiger partial charge >= 0.3 is 0 Å². The first kappa shape index (κ1) is 6.17. The molecule has 1 nitrogen and oxygen atoms in total. The summed E-state index contributed by atoms with van der Waals surface area (Å²) in [6, 6.07) is 0. The van der Waals surface area contributed by atoms with Crippen molar-refractivity contribution in [1.29, 1.82) is 0 Å². The quantitative estimate of drug-likeness (QED) is 0.475. The Bertz CT molecular complexity index is 150. The van der Waals surface area contributed by atoms with E-state index in [2.05, 4.69) is 29.6 Å². The minimum atomic E-state index is 0.721. The highest BCUT2D eigenvalue weighted by atomic mass is 14.9. The van der Waals surface area contributed by atoms with E-state index < -0.39 is 0 Å². The molecule has 0 spiro atoms. The maximum atomic E-state index is 4.38. The Kier molecular flexibility index (Phi) is 1.60. The topological polar surface area (TPSA) is 14.1 Å². The minimum Gasteiger partial charge on any atom is -0.241 e. The molecule has 2 atom stereocenters. The predicted octanol–water partition coefficient (Wildman–Crippen LogP) is 1.35. The molecule has 1 radical (unpaired) electrons. The zero-order valence-corrected chi connectivity index (χ0v) is 6.03. The number of fused-ring (bicyclic) bond motifs is 1. The van der Waals surface area contributed by atoms with Crippen molar-refractivity contribution >= 4 is 0 Å². The third kappa shape index (κ3) is 1.01. The first-order valence-electron chi connectivity index (χ1n) is 3.95. The molecule has 0 amide bonds. The van der Waals surface area contributed by atoms with Crippen LogP contribution in [0.1, 0.15) is 6.42 Å². The van der Waals surface area contributed by atoms with Gasteiger partial charge in [0.2, 0.25) is 0 Å². The molecule has 0 saturated carbocycles. The monoisotopic (exact) mass is 134 g/mol. The van der Waals surface area contributed by atoms with Crippen molar-refractivity contribution in [2.75, 3.05) is 13.1 Å². The maximum absolute atomic E-state index is 4.38. The van der Waals surface area contributed by atoms with Crippen LogP contribution >= 0.6 is 0 Å². The third-order valence-electron chi connectivity index (χ3n) is 2.34. The van der Waals surface area contributed by atoms with Gasteiger partial charge in [0.05, 0.1) is 0 Å². The van der Waals surface area contributed by atoms with E-state index in [1.54, 1.807) is 0 Å². The number of nitrogens with zero attached hydrogens (tertiary/aromatic N) is 1. The van der Waals surface area contributed by atoms with Crippen molar-refractivity contribution in [3.63, 3.8) is 0 Å². The third-order valence-corrected chi connectivity index (χ3v) is 2.34. The van der Waals surface area contributed by atoms with Gasteiger partial charge in [-0.1, -0.05) is 24.3 Å². The summed E-state index contributed by atoms with van der Waals surface area (Å²) in [5, 5.41) is 4.38. The van der Waals surface area contributed by atoms with Crippen LogP contribution in [0, 0.1) is 11.8 Å². The van der Waals surface area contributed by atoms with E-state index in [9.17, 15) is 0 Å². The van der Waals surface area contributed by atoms with Gasteiger partial charge in [-0.05, 0) is 18.3 Å². The van der Waals surface area contributed by atoms with E-state index in [0.29, 0.717) is 0 Å². The van der Waals surface area contributed by atoms with Gasteiger partial charge in [0.15, 0.2) is 0 Å². The average Bonchev–Trinajstić information content (AvgIpc) is 2.05. The second-order valence-electron chi connectivity index (χ2n) is 3.02. The first-order chi connectivity index (χ1) is 4.97. The molecule has 10 heavy (non-hydrogen) atoms. The van der Waals surface area contributed by atoms with Crippen LogP contribution in [0.4, 0.5) is 0 Å². The predicted molar refractivity (Wildman–Crippen MR) is 41.7 cm³/mol. The van der Waals surface area contributed by atoms with E-state index in [0.717, 1.165) is 24.9 Å². The number of hydrogen-bond acceptors (Lipinski definition) is 0. The molecule has 1 aliphatic carbocycles. The van der Waals surface area contributed by atoms with Gasteiger partial charge in [-0.3, -0.25) is 0 Å². The van der Waals surface area contributed by atoms with E-state index in [1.807, 2.05) is 0 Å². The molecule has 1 heterocycles. The van der Waals surface area contributed by atoms with Crippen LogP contribution in [-0.4, -0.2) is 13.1 Å². The van der Waals surface area contributed by atoms with Crippen LogP contribution < -0.4 is 5.32 Å². The van der Waals surface area contributed by atoms with E-state index in [-0.39, 0.29) is 0 Å². The summed E-state index contributed by atoms with van der Waals surface area (Å²) in [5.74, 6) is 1.52. The summed E-state index contributed by atoms with van der Waals surface area (Å²) >= 11 is 0. The molecule has 0 aromatic heterocycles. The summed E-state index contributed by atoms with van der Waals surface area (Å²) in [4.78, 5) is 0. The number of allylic oxidation sites excluding steroid dienone is 3. The molecular formula is C9H12N. The Morgan fingerprint density at radius 2 is 1.90 bits per heavy atom. The van der Waals surface area contributed by atoms with Gasteiger partial charge in [0.1, 0.15) is 0 Å². The zero-order valence-electron chi connectivity index (χ0n) is 6.03. The molecule has 1 fully saturated rings. The summed E-state index contributed by atoms with van der Waals surface area (Å²) in [5.41, 5.74) is 0. The van der Waals surface area contributed by atoms with E-state index >= 15 is 0 Å². The Morgan fingerprint density at radius 1 is 1.10 bits per heavy atom. The Morgan fingerprint density at radius 3 is 2.70 bits per heavy atom. The number of piperidine rings is 1. The molecule has 0 bridgehead atoms. The fourth-order valence-electron chi connectivity index (χ4n) is 1.69. The van der Waals surface area contributed by atoms with Crippen molar-refractivity contribution in [3.8, 4) is 0 Å². The van der Waals surface area contributed by atoms with Crippen molar-refractivity contribution in [2.45, 2.75) is 6.42 Å². The lowest BCUT2D eigenvalue weighted by atomic mass is 9.84. The lowest BCUT2D eigenvalue weighted by molar-refractivity contribution is 0.348. The summed E-state index contributed by atoms with van der Waals surface area (Å²) in [6.45, 7) is 2.12. The lowest BCUT2D eigenvalue weighted by Crippen LogP contribution is -2.30. The molecule has 1 aliphatic heterocycles. The van der Waals surface area contributed by atoms with Crippen LogP contribution in [0.5, 0.6) is 0 Å². The Balaban J connectivity index is 2.09. The summed E-state index contributed by atoms with van der Waals surface area (Å²) < 4.78 is 0. The highest BCUT2D eigenvalue weighted by Crippen LogP contribution is 2.24. The molecule has 0 aromatic carbocycles. The molecular weight excluding hydrogens is 122 g/mol. The van der Waals surface area contributed by atoms with Crippen LogP contribution in [-0.2, 0) is 0 Å². The summed E-state index contributed by atoms with van der Waals surface area (Å²) in [6.07, 6.45) is 10.2. The fraction of sp³-hybridized carbons (Fsp3) is 0.556. The highest BCUT2D eigenvalue weighted by Gasteiger charge is 2.21. The van der Waals surface area contributed by atoms with Gasteiger partial charge in [0, 0.05) is 13.1 Å². The summed E-state index contributed by atoms with van der Waals surface area (Å²) in [7, 11) is 0. The van der Waals surface area contributed by atoms with E-state index in [4.69, 9.17) is 0 Å². The molecule has 2 rings (SSSR count). The minimum absolute atomic E-state index is 0.721. The Labute approximate surface area is 61.8 Å². The zero-order chi connectivity index (χ0) is 6.81. The molecule has 1 heteroatoms. The standard InChI is InChI=1S/C9H12N/c1-2-4-9-7-10-6-5-8(9)3-1/h1-4,8-9H,5-7H2. The highest BCUT2D eigenvalue weighted by molar-refractivity contribution is 5.15. The molecule has 0 aromatic rings. The SMILES string of the molecule is C1=CC2CC[N]CC2C=C1. The van der Waals surface area contributed by atoms with Crippen molar-refractivity contribution < 1.29 is 0 Å². The lowest BCUT2D eigenvalue weighted by Gasteiger charge is -2.28. The van der Waals surface area contributed by atoms with Crippen LogP contribution in [0.25, 0.3) is 0 Å².